The second-order valence-corrected chi connectivity index (χ2v) is 8.09. The van der Waals surface area contributed by atoms with E-state index in [9.17, 15) is 9.59 Å². The van der Waals surface area contributed by atoms with Gasteiger partial charge in [0.15, 0.2) is 0 Å². The van der Waals surface area contributed by atoms with Crippen molar-refractivity contribution in [3.05, 3.63) is 48.8 Å². The molecule has 1 saturated carbocycles. The second kappa shape index (κ2) is 8.29. The first-order chi connectivity index (χ1) is 15.2. The van der Waals surface area contributed by atoms with Crippen molar-refractivity contribution in [2.24, 2.45) is 0 Å². The predicted molar refractivity (Wildman–Crippen MR) is 118 cm³/mol. The maximum Gasteiger partial charge on any atom is 0.326 e. The number of ether oxygens (including phenoxy) is 1. The molecule has 0 radical (unpaired) electrons. The molecule has 3 amide bonds. The number of benzene rings is 1. The van der Waals surface area contributed by atoms with E-state index in [1.807, 2.05) is 29.2 Å². The van der Waals surface area contributed by atoms with Crippen LogP contribution in [0.4, 0.5) is 15.4 Å². The molecule has 1 aliphatic heterocycles. The molecule has 2 N–H and O–H groups in total. The van der Waals surface area contributed by atoms with E-state index in [-0.39, 0.29) is 12.1 Å². The van der Waals surface area contributed by atoms with Gasteiger partial charge in [-0.2, -0.15) is 0 Å². The average Bonchev–Trinajstić information content (AvgIpc) is 3.50. The highest BCUT2D eigenvalue weighted by Crippen LogP contribution is 2.28. The number of hydrogen-bond donors (Lipinski definition) is 2. The molecule has 31 heavy (non-hydrogen) atoms. The molecule has 3 heterocycles. The number of likely N-dealkylation sites (tertiary alicyclic amines) is 1. The van der Waals surface area contributed by atoms with Gasteiger partial charge in [-0.3, -0.25) is 9.88 Å². The Morgan fingerprint density at radius 2 is 1.77 bits per heavy atom. The molecule has 160 valence electrons. The number of amides is 3. The van der Waals surface area contributed by atoms with Crippen LogP contribution in [0.5, 0.6) is 11.5 Å². The quantitative estimate of drug-likeness (QED) is 0.649. The van der Waals surface area contributed by atoms with E-state index in [1.54, 1.807) is 29.1 Å². The number of nitrogens with zero attached hydrogens (tertiary/aromatic N) is 3. The molecule has 0 spiro atoms. The van der Waals surface area contributed by atoms with Gasteiger partial charge in [-0.25, -0.2) is 14.6 Å². The van der Waals surface area contributed by atoms with Crippen LogP contribution in [0, 0.1) is 0 Å². The first-order valence-corrected chi connectivity index (χ1v) is 10.8. The molecule has 3 aromatic rings. The third kappa shape index (κ3) is 4.47. The fourth-order valence-corrected chi connectivity index (χ4v) is 3.80. The molecular formula is C23H25N5O3. The predicted octanol–water partition coefficient (Wildman–Crippen LogP) is 4.57. The number of fused-ring (bicyclic) bond motifs is 1. The summed E-state index contributed by atoms with van der Waals surface area (Å²) in [6, 6.07) is 11.0. The third-order valence-corrected chi connectivity index (χ3v) is 5.63. The van der Waals surface area contributed by atoms with Gasteiger partial charge in [-0.05, 0) is 62.4 Å². The van der Waals surface area contributed by atoms with Gasteiger partial charge in [-0.15, -0.1) is 0 Å². The number of aromatic nitrogens is 2. The summed E-state index contributed by atoms with van der Waals surface area (Å²) in [6.07, 6.45) is 8.73. The molecule has 0 atom stereocenters. The van der Waals surface area contributed by atoms with E-state index >= 15 is 0 Å². The van der Waals surface area contributed by atoms with Crippen LogP contribution in [0.1, 0.15) is 32.1 Å². The summed E-state index contributed by atoms with van der Waals surface area (Å²) < 4.78 is 7.61. The molecule has 5 rings (SSSR count). The highest BCUT2D eigenvalue weighted by molar-refractivity contribution is 5.92. The second-order valence-electron chi connectivity index (χ2n) is 8.09. The molecule has 0 bridgehead atoms. The van der Waals surface area contributed by atoms with Gasteiger partial charge in [-0.1, -0.05) is 0 Å². The zero-order valence-corrected chi connectivity index (χ0v) is 17.2. The van der Waals surface area contributed by atoms with E-state index < -0.39 is 0 Å². The van der Waals surface area contributed by atoms with Crippen molar-refractivity contribution < 1.29 is 14.3 Å². The Morgan fingerprint density at radius 3 is 2.58 bits per heavy atom. The Labute approximate surface area is 180 Å². The minimum atomic E-state index is -0.128. The SMILES string of the molecule is O=C(Nc1cc(Oc2ccc3c(ccn3C(=O)NC3CC3)c2)ccn1)N1CCCCC1. The summed E-state index contributed by atoms with van der Waals surface area (Å²) in [7, 11) is 0. The van der Waals surface area contributed by atoms with Crippen LogP contribution in [0.2, 0.25) is 0 Å². The molecule has 0 unspecified atom stereocenters. The molecule has 1 saturated heterocycles. The lowest BCUT2D eigenvalue weighted by Crippen LogP contribution is -2.38. The number of hydrogen-bond acceptors (Lipinski definition) is 4. The summed E-state index contributed by atoms with van der Waals surface area (Å²) in [5.74, 6) is 1.68. The van der Waals surface area contributed by atoms with E-state index in [0.717, 1.165) is 49.7 Å². The molecule has 2 aromatic heterocycles. The van der Waals surface area contributed by atoms with E-state index in [2.05, 4.69) is 15.6 Å². The fourth-order valence-electron chi connectivity index (χ4n) is 3.80. The van der Waals surface area contributed by atoms with Crippen LogP contribution < -0.4 is 15.4 Å². The molecule has 2 fully saturated rings. The van der Waals surface area contributed by atoms with E-state index in [1.165, 1.54) is 6.42 Å². The van der Waals surface area contributed by atoms with E-state index in [0.29, 0.717) is 23.4 Å². The highest BCUT2D eigenvalue weighted by Gasteiger charge is 2.24. The largest absolute Gasteiger partial charge is 0.457 e. The van der Waals surface area contributed by atoms with Gasteiger partial charge in [0, 0.05) is 43.0 Å². The summed E-state index contributed by atoms with van der Waals surface area (Å²) in [5.41, 5.74) is 0.828. The van der Waals surface area contributed by atoms with Crippen molar-refractivity contribution in [1.82, 2.24) is 19.8 Å². The van der Waals surface area contributed by atoms with Crippen LogP contribution in [0.3, 0.4) is 0 Å². The zero-order valence-electron chi connectivity index (χ0n) is 17.2. The number of carbonyl (C=O) groups excluding carboxylic acids is 2. The maximum atomic E-state index is 12.4. The van der Waals surface area contributed by atoms with Crippen molar-refractivity contribution >= 4 is 28.8 Å². The van der Waals surface area contributed by atoms with Crippen molar-refractivity contribution in [1.29, 1.82) is 0 Å². The minimum Gasteiger partial charge on any atom is -0.457 e. The number of piperidine rings is 1. The van der Waals surface area contributed by atoms with Gasteiger partial charge < -0.3 is 15.0 Å². The third-order valence-electron chi connectivity index (χ3n) is 5.63. The normalized spacial score (nSPS) is 16.2. The fraction of sp³-hybridized carbons (Fsp3) is 0.348. The summed E-state index contributed by atoms with van der Waals surface area (Å²) >= 11 is 0. The topological polar surface area (TPSA) is 88.5 Å². The van der Waals surface area contributed by atoms with Crippen molar-refractivity contribution in [3.63, 3.8) is 0 Å². The summed E-state index contributed by atoms with van der Waals surface area (Å²) in [6.45, 7) is 1.56. The Hall–Kier alpha value is -3.55. The van der Waals surface area contributed by atoms with Crippen LogP contribution in [-0.4, -0.2) is 45.6 Å². The summed E-state index contributed by atoms with van der Waals surface area (Å²) in [5, 5.41) is 6.76. The van der Waals surface area contributed by atoms with Crippen LogP contribution in [0.25, 0.3) is 10.9 Å². The molecular weight excluding hydrogens is 394 g/mol. The Balaban J connectivity index is 1.27. The van der Waals surface area contributed by atoms with Gasteiger partial charge in [0.2, 0.25) is 0 Å². The number of nitrogens with one attached hydrogen (secondary N) is 2. The standard InChI is InChI=1S/C23H25N5O3/c29-22(27-11-2-1-3-12-27)26-21-15-19(8-10-24-21)31-18-6-7-20-16(14-18)9-13-28(20)23(30)25-17-4-5-17/h6-10,13-15,17H,1-5,11-12H2,(H,25,30)(H,24,26,29). The lowest BCUT2D eigenvalue weighted by Gasteiger charge is -2.26. The maximum absolute atomic E-state index is 12.4. The lowest BCUT2D eigenvalue weighted by atomic mass is 10.1. The Kier molecular flexibility index (Phi) is 5.19. The van der Waals surface area contributed by atoms with Crippen molar-refractivity contribution in [2.75, 3.05) is 18.4 Å². The van der Waals surface area contributed by atoms with Gasteiger partial charge in [0.25, 0.3) is 0 Å². The first kappa shape index (κ1) is 19.4. The monoisotopic (exact) mass is 419 g/mol. The lowest BCUT2D eigenvalue weighted by molar-refractivity contribution is 0.200. The number of anilines is 1. The molecule has 8 nitrogen and oxygen atoms in total. The summed E-state index contributed by atoms with van der Waals surface area (Å²) in [4.78, 5) is 30.8. The van der Waals surface area contributed by atoms with Crippen LogP contribution >= 0.6 is 0 Å². The van der Waals surface area contributed by atoms with Gasteiger partial charge >= 0.3 is 12.1 Å². The molecule has 2 aliphatic rings. The van der Waals surface area contributed by atoms with Crippen molar-refractivity contribution in [2.45, 2.75) is 38.1 Å². The highest BCUT2D eigenvalue weighted by atomic mass is 16.5. The number of urea groups is 1. The van der Waals surface area contributed by atoms with Crippen LogP contribution in [0.15, 0.2) is 48.8 Å². The Bertz CT molecular complexity index is 1120. The smallest absolute Gasteiger partial charge is 0.326 e. The Morgan fingerprint density at radius 1 is 0.968 bits per heavy atom. The number of rotatable bonds is 4. The van der Waals surface area contributed by atoms with Crippen LogP contribution in [-0.2, 0) is 0 Å². The average molecular weight is 419 g/mol. The van der Waals surface area contributed by atoms with E-state index in [4.69, 9.17) is 4.74 Å². The first-order valence-electron chi connectivity index (χ1n) is 10.8. The zero-order chi connectivity index (χ0) is 21.2. The number of pyridine rings is 1. The van der Waals surface area contributed by atoms with Gasteiger partial charge in [0.05, 0.1) is 5.52 Å². The molecule has 8 heteroatoms. The van der Waals surface area contributed by atoms with Gasteiger partial charge in [0.1, 0.15) is 17.3 Å². The minimum absolute atomic E-state index is 0.102. The van der Waals surface area contributed by atoms with Crippen molar-refractivity contribution in [3.8, 4) is 11.5 Å². The number of carbonyl (C=O) groups is 2. The molecule has 1 aliphatic carbocycles. The molecule has 1 aromatic carbocycles.